The molecule has 1 fully saturated rings. The summed E-state index contributed by atoms with van der Waals surface area (Å²) >= 11 is 0. The molecule has 1 atom stereocenters. The Kier molecular flexibility index (Phi) is 3.23. The van der Waals surface area contributed by atoms with Gasteiger partial charge in [-0.25, -0.2) is 0 Å². The predicted molar refractivity (Wildman–Crippen MR) is 56.1 cm³/mol. The maximum absolute atomic E-state index is 12.0. The van der Waals surface area contributed by atoms with Crippen molar-refractivity contribution in [3.63, 3.8) is 0 Å². The number of ether oxygens (including phenoxy) is 1. The zero-order valence-corrected chi connectivity index (χ0v) is 8.85. The Hall–Kier alpha value is -1.69. The molecule has 0 bridgehead atoms. The van der Waals surface area contributed by atoms with Gasteiger partial charge in [0.25, 0.3) is 0 Å². The maximum Gasteiger partial charge on any atom is 0.387 e. The SMILES string of the molecule is O=C1CC(O)CN1c1cccc(OC(F)F)c1. The lowest BCUT2D eigenvalue weighted by atomic mass is 10.3. The van der Waals surface area contributed by atoms with Gasteiger partial charge in [0.05, 0.1) is 19.1 Å². The second kappa shape index (κ2) is 4.67. The number of hydrogen-bond acceptors (Lipinski definition) is 3. The van der Waals surface area contributed by atoms with Gasteiger partial charge >= 0.3 is 6.61 Å². The topological polar surface area (TPSA) is 49.8 Å². The molecule has 0 radical (unpaired) electrons. The van der Waals surface area contributed by atoms with Crippen LogP contribution in [0.25, 0.3) is 0 Å². The lowest BCUT2D eigenvalue weighted by Gasteiger charge is -2.16. The van der Waals surface area contributed by atoms with Gasteiger partial charge in [0.2, 0.25) is 5.91 Å². The fourth-order valence-electron chi connectivity index (χ4n) is 1.77. The van der Waals surface area contributed by atoms with Crippen molar-refractivity contribution in [1.82, 2.24) is 0 Å². The van der Waals surface area contributed by atoms with Crippen LogP contribution in [-0.2, 0) is 4.79 Å². The van der Waals surface area contributed by atoms with Gasteiger partial charge in [0, 0.05) is 11.8 Å². The highest BCUT2D eigenvalue weighted by Crippen LogP contribution is 2.26. The molecule has 0 spiro atoms. The van der Waals surface area contributed by atoms with Gasteiger partial charge in [0.1, 0.15) is 5.75 Å². The van der Waals surface area contributed by atoms with Crippen LogP contribution in [0.5, 0.6) is 5.75 Å². The van der Waals surface area contributed by atoms with Crippen LogP contribution in [0.4, 0.5) is 14.5 Å². The summed E-state index contributed by atoms with van der Waals surface area (Å²) in [6.07, 6.45) is -0.651. The lowest BCUT2D eigenvalue weighted by Crippen LogP contribution is -2.25. The Labute approximate surface area is 96.4 Å². The number of aliphatic hydroxyl groups excluding tert-OH is 1. The first-order valence-electron chi connectivity index (χ1n) is 5.09. The molecule has 1 aromatic rings. The van der Waals surface area contributed by atoms with Crippen molar-refractivity contribution in [2.75, 3.05) is 11.4 Å². The third kappa shape index (κ3) is 2.71. The molecule has 1 saturated heterocycles. The largest absolute Gasteiger partial charge is 0.435 e. The molecule has 0 saturated carbocycles. The first-order chi connectivity index (χ1) is 8.06. The van der Waals surface area contributed by atoms with Crippen molar-refractivity contribution < 1.29 is 23.4 Å². The Bertz CT molecular complexity index is 425. The molecule has 0 aliphatic carbocycles. The molecule has 1 heterocycles. The summed E-state index contributed by atoms with van der Waals surface area (Å²) in [7, 11) is 0. The van der Waals surface area contributed by atoms with E-state index in [1.54, 1.807) is 6.07 Å². The van der Waals surface area contributed by atoms with Crippen LogP contribution in [0.15, 0.2) is 24.3 Å². The van der Waals surface area contributed by atoms with Crippen LogP contribution in [-0.4, -0.2) is 30.3 Å². The molecule has 0 aromatic heterocycles. The van der Waals surface area contributed by atoms with E-state index in [1.807, 2.05) is 0 Å². The average molecular weight is 243 g/mol. The van der Waals surface area contributed by atoms with E-state index < -0.39 is 12.7 Å². The van der Waals surface area contributed by atoms with E-state index in [4.69, 9.17) is 0 Å². The molecule has 1 amide bonds. The van der Waals surface area contributed by atoms with Gasteiger partial charge in [-0.15, -0.1) is 0 Å². The zero-order valence-electron chi connectivity index (χ0n) is 8.85. The van der Waals surface area contributed by atoms with E-state index in [-0.39, 0.29) is 24.6 Å². The van der Waals surface area contributed by atoms with Gasteiger partial charge in [-0.3, -0.25) is 4.79 Å². The minimum Gasteiger partial charge on any atom is -0.435 e. The second-order valence-corrected chi connectivity index (χ2v) is 3.74. The average Bonchev–Trinajstić information content (AvgIpc) is 2.57. The first kappa shape index (κ1) is 11.8. The Morgan fingerprint density at radius 2 is 2.24 bits per heavy atom. The van der Waals surface area contributed by atoms with Crippen LogP contribution in [0, 0.1) is 0 Å². The lowest BCUT2D eigenvalue weighted by molar-refractivity contribution is -0.117. The number of amides is 1. The maximum atomic E-state index is 12.0. The van der Waals surface area contributed by atoms with E-state index in [0.717, 1.165) is 0 Å². The smallest absolute Gasteiger partial charge is 0.387 e. The number of halogens is 2. The molecule has 2 rings (SSSR count). The molecule has 92 valence electrons. The summed E-state index contributed by atoms with van der Waals surface area (Å²) in [6, 6.07) is 5.86. The predicted octanol–water partition coefficient (Wildman–Crippen LogP) is 1.39. The van der Waals surface area contributed by atoms with Crippen LogP contribution in [0.1, 0.15) is 6.42 Å². The number of nitrogens with zero attached hydrogens (tertiary/aromatic N) is 1. The van der Waals surface area contributed by atoms with Crippen molar-refractivity contribution in [1.29, 1.82) is 0 Å². The quantitative estimate of drug-likeness (QED) is 0.872. The van der Waals surface area contributed by atoms with Gasteiger partial charge < -0.3 is 14.7 Å². The van der Waals surface area contributed by atoms with Crippen LogP contribution in [0.3, 0.4) is 0 Å². The normalized spacial score (nSPS) is 20.1. The van der Waals surface area contributed by atoms with E-state index >= 15 is 0 Å². The molecule has 1 N–H and O–H groups in total. The van der Waals surface area contributed by atoms with Crippen LogP contribution < -0.4 is 9.64 Å². The number of anilines is 1. The highest BCUT2D eigenvalue weighted by molar-refractivity contribution is 5.96. The molecule has 1 unspecified atom stereocenters. The number of hydrogen-bond donors (Lipinski definition) is 1. The molecule has 4 nitrogen and oxygen atoms in total. The Balaban J connectivity index is 2.18. The Morgan fingerprint density at radius 3 is 2.82 bits per heavy atom. The molecular formula is C11H11F2NO3. The van der Waals surface area contributed by atoms with Gasteiger partial charge in [-0.1, -0.05) is 6.07 Å². The molecule has 6 heteroatoms. The minimum atomic E-state index is -2.90. The third-order valence-corrected chi connectivity index (χ3v) is 2.46. The summed E-state index contributed by atoms with van der Waals surface area (Å²) in [4.78, 5) is 12.8. The zero-order chi connectivity index (χ0) is 12.4. The molecule has 1 aliphatic heterocycles. The summed E-state index contributed by atoms with van der Waals surface area (Å²) in [5, 5.41) is 9.33. The number of rotatable bonds is 3. The summed E-state index contributed by atoms with van der Waals surface area (Å²) < 4.78 is 28.3. The summed E-state index contributed by atoms with van der Waals surface area (Å²) in [6.45, 7) is -2.72. The van der Waals surface area contributed by atoms with Crippen molar-refractivity contribution >= 4 is 11.6 Å². The third-order valence-electron chi connectivity index (χ3n) is 2.46. The monoisotopic (exact) mass is 243 g/mol. The van der Waals surface area contributed by atoms with Crippen molar-refractivity contribution in [3.05, 3.63) is 24.3 Å². The van der Waals surface area contributed by atoms with Gasteiger partial charge in [-0.05, 0) is 12.1 Å². The van der Waals surface area contributed by atoms with Crippen molar-refractivity contribution in [2.24, 2.45) is 0 Å². The van der Waals surface area contributed by atoms with Crippen molar-refractivity contribution in [2.45, 2.75) is 19.1 Å². The number of alkyl halides is 2. The summed E-state index contributed by atoms with van der Waals surface area (Å²) in [5.74, 6) is -0.238. The van der Waals surface area contributed by atoms with Crippen LogP contribution in [0.2, 0.25) is 0 Å². The molecule has 1 aromatic carbocycles. The van der Waals surface area contributed by atoms with Crippen molar-refractivity contribution in [3.8, 4) is 5.75 Å². The molecular weight excluding hydrogens is 232 g/mol. The first-order valence-corrected chi connectivity index (χ1v) is 5.09. The highest BCUT2D eigenvalue weighted by Gasteiger charge is 2.29. The van der Waals surface area contributed by atoms with Gasteiger partial charge in [-0.2, -0.15) is 8.78 Å². The number of carbonyl (C=O) groups is 1. The molecule has 17 heavy (non-hydrogen) atoms. The van der Waals surface area contributed by atoms with Gasteiger partial charge in [0.15, 0.2) is 0 Å². The fraction of sp³-hybridized carbons (Fsp3) is 0.364. The number of carbonyl (C=O) groups excluding carboxylic acids is 1. The highest BCUT2D eigenvalue weighted by atomic mass is 19.3. The van der Waals surface area contributed by atoms with E-state index in [0.29, 0.717) is 5.69 Å². The fourth-order valence-corrected chi connectivity index (χ4v) is 1.77. The second-order valence-electron chi connectivity index (χ2n) is 3.74. The Morgan fingerprint density at radius 1 is 1.47 bits per heavy atom. The summed E-state index contributed by atoms with van der Waals surface area (Å²) in [5.41, 5.74) is 0.449. The molecule has 1 aliphatic rings. The van der Waals surface area contributed by atoms with E-state index in [9.17, 15) is 18.7 Å². The number of β-amino-alcohol motifs (C(OH)–C–C–N with tert-alkyl or cyclic N) is 1. The van der Waals surface area contributed by atoms with Crippen LogP contribution >= 0.6 is 0 Å². The number of benzene rings is 1. The van der Waals surface area contributed by atoms with E-state index in [2.05, 4.69) is 4.74 Å². The number of aliphatic hydroxyl groups is 1. The van der Waals surface area contributed by atoms with E-state index in [1.165, 1.54) is 23.1 Å². The minimum absolute atomic E-state index is 0.00769. The standard InChI is InChI=1S/C11H11F2NO3/c12-11(13)17-9-3-1-2-7(4-9)14-6-8(15)5-10(14)16/h1-4,8,11,15H,5-6H2.